The van der Waals surface area contributed by atoms with E-state index in [1.807, 2.05) is 5.06 Å². The minimum Gasteiger partial charge on any atom is -0.382 e. The van der Waals surface area contributed by atoms with Crippen LogP contribution in [0, 0.1) is 5.92 Å². The van der Waals surface area contributed by atoms with E-state index in [9.17, 15) is 4.79 Å². The van der Waals surface area contributed by atoms with Gasteiger partial charge >= 0.3 is 0 Å². The zero-order chi connectivity index (χ0) is 18.5. The number of H-pyrrole nitrogens is 1. The number of nitrogens with zero attached hydrogens (tertiary/aromatic N) is 4. The first-order valence-electron chi connectivity index (χ1n) is 8.79. The van der Waals surface area contributed by atoms with E-state index in [4.69, 9.17) is 20.0 Å². The van der Waals surface area contributed by atoms with E-state index in [0.717, 1.165) is 6.42 Å². The summed E-state index contributed by atoms with van der Waals surface area (Å²) in [5, 5.41) is 1.98. The van der Waals surface area contributed by atoms with Crippen LogP contribution in [0.15, 0.2) is 11.1 Å². The van der Waals surface area contributed by atoms with Gasteiger partial charge in [-0.15, -0.1) is 0 Å². The molecule has 2 aliphatic rings. The lowest BCUT2D eigenvalue weighted by Gasteiger charge is -2.36. The molecule has 0 aromatic carbocycles. The molecule has 142 valence electrons. The topological polar surface area (TPSA) is 121 Å². The molecule has 0 unspecified atom stereocenters. The first kappa shape index (κ1) is 17.4. The van der Waals surface area contributed by atoms with Crippen LogP contribution >= 0.6 is 0 Å². The molecule has 0 saturated carbocycles. The fraction of sp³-hybridized carbons (Fsp3) is 0.688. The number of nitrogens with two attached hydrogens (primary N) is 1. The predicted octanol–water partition coefficient (Wildman–Crippen LogP) is 0.278. The van der Waals surface area contributed by atoms with Gasteiger partial charge in [0.2, 0.25) is 5.95 Å². The molecule has 2 fully saturated rings. The zero-order valence-electron chi connectivity index (χ0n) is 15.1. The fourth-order valence-corrected chi connectivity index (χ4v) is 4.16. The summed E-state index contributed by atoms with van der Waals surface area (Å²) in [6.07, 6.45) is 2.08. The normalized spacial score (nSPS) is 31.3. The highest BCUT2D eigenvalue weighted by atomic mass is 16.7. The third-order valence-electron chi connectivity index (χ3n) is 5.61. The Morgan fingerprint density at radius 1 is 1.50 bits per heavy atom. The second-order valence-electron chi connectivity index (χ2n) is 6.88. The number of ether oxygens (including phenoxy) is 2. The molecule has 2 aliphatic heterocycles. The highest BCUT2D eigenvalue weighted by Crippen LogP contribution is 2.52. The minimum absolute atomic E-state index is 0.0217. The van der Waals surface area contributed by atoms with Gasteiger partial charge in [0.1, 0.15) is 0 Å². The van der Waals surface area contributed by atoms with Crippen LogP contribution < -0.4 is 11.3 Å². The van der Waals surface area contributed by atoms with Crippen molar-refractivity contribution in [3.05, 3.63) is 16.7 Å². The summed E-state index contributed by atoms with van der Waals surface area (Å²) in [4.78, 5) is 28.9. The van der Waals surface area contributed by atoms with Gasteiger partial charge in [0, 0.05) is 13.0 Å². The Hall–Kier alpha value is -2.01. The third-order valence-corrected chi connectivity index (χ3v) is 5.61. The number of methoxy groups -OCH3 is 1. The molecule has 26 heavy (non-hydrogen) atoms. The van der Waals surface area contributed by atoms with Crippen LogP contribution in [-0.4, -0.2) is 63.1 Å². The number of aromatic amines is 1. The Labute approximate surface area is 150 Å². The Kier molecular flexibility index (Phi) is 4.22. The van der Waals surface area contributed by atoms with E-state index in [1.165, 1.54) is 0 Å². The van der Waals surface area contributed by atoms with Crippen LogP contribution in [0.5, 0.6) is 0 Å². The van der Waals surface area contributed by atoms with E-state index in [2.05, 4.69) is 28.8 Å². The van der Waals surface area contributed by atoms with Crippen molar-refractivity contribution in [2.75, 3.05) is 32.6 Å². The summed E-state index contributed by atoms with van der Waals surface area (Å²) in [6, 6.07) is -0.0217. The van der Waals surface area contributed by atoms with Crippen LogP contribution in [0.4, 0.5) is 5.95 Å². The first-order valence-corrected chi connectivity index (χ1v) is 8.79. The predicted molar refractivity (Wildman–Crippen MR) is 93.2 cm³/mol. The Morgan fingerprint density at radius 2 is 2.31 bits per heavy atom. The molecule has 4 rings (SSSR count). The maximum Gasteiger partial charge on any atom is 0.280 e. The van der Waals surface area contributed by atoms with Crippen molar-refractivity contribution < 1.29 is 14.3 Å². The summed E-state index contributed by atoms with van der Waals surface area (Å²) in [5.74, 6) is 0.302. The molecule has 0 spiro atoms. The second kappa shape index (κ2) is 6.31. The molecule has 2 saturated heterocycles. The Balaban J connectivity index is 1.72. The lowest BCUT2D eigenvalue weighted by molar-refractivity contribution is -0.251. The van der Waals surface area contributed by atoms with Crippen molar-refractivity contribution in [2.45, 2.75) is 38.1 Å². The zero-order valence-corrected chi connectivity index (χ0v) is 15.1. The molecule has 0 aliphatic carbocycles. The molecule has 4 atom stereocenters. The van der Waals surface area contributed by atoms with Gasteiger partial charge in [0.15, 0.2) is 17.4 Å². The van der Waals surface area contributed by atoms with Crippen molar-refractivity contribution in [3.8, 4) is 0 Å². The van der Waals surface area contributed by atoms with Crippen molar-refractivity contribution in [2.24, 2.45) is 5.92 Å². The molecule has 10 nitrogen and oxygen atoms in total. The molecular weight excluding hydrogens is 340 g/mol. The number of rotatable bonds is 6. The monoisotopic (exact) mass is 364 g/mol. The fourth-order valence-electron chi connectivity index (χ4n) is 4.16. The van der Waals surface area contributed by atoms with Crippen LogP contribution in [0.3, 0.4) is 0 Å². The van der Waals surface area contributed by atoms with Gasteiger partial charge < -0.3 is 15.2 Å². The van der Waals surface area contributed by atoms with E-state index in [-0.39, 0.29) is 40.8 Å². The van der Waals surface area contributed by atoms with Crippen molar-refractivity contribution in [3.63, 3.8) is 0 Å². The van der Waals surface area contributed by atoms with Crippen molar-refractivity contribution in [1.29, 1.82) is 0 Å². The van der Waals surface area contributed by atoms with Crippen molar-refractivity contribution >= 4 is 17.1 Å². The molecule has 2 aromatic heterocycles. The number of nitrogens with one attached hydrogen (secondary N) is 1. The summed E-state index contributed by atoms with van der Waals surface area (Å²) >= 11 is 0. The second-order valence-corrected chi connectivity index (χ2v) is 6.88. The van der Waals surface area contributed by atoms with Crippen LogP contribution in [0.1, 0.15) is 26.5 Å². The summed E-state index contributed by atoms with van der Waals surface area (Å²) in [7, 11) is 1.65. The van der Waals surface area contributed by atoms with Gasteiger partial charge in [-0.2, -0.15) is 10.0 Å². The summed E-state index contributed by atoms with van der Waals surface area (Å²) in [6.45, 7) is 5.97. The van der Waals surface area contributed by atoms with Gasteiger partial charge in [0.05, 0.1) is 37.7 Å². The van der Waals surface area contributed by atoms with Crippen LogP contribution in [0.2, 0.25) is 0 Å². The number of hydrogen-bond donors (Lipinski definition) is 2. The SMILES string of the molecule is CC[C@@]12CN(OCCOC)[C@@H]([C@H](n3cnc4c(=O)[nH]c(N)nc43)O1)[C@@H]2C. The standard InChI is InChI=1S/C16H24N6O4/c1-4-16-7-22(25-6-5-24-3)11(9(16)2)14(26-16)21-8-18-10-12(21)19-15(17)20-13(10)23/h8-9,11,14H,4-7H2,1-3H3,(H3,17,19,20,23)/t9-,11+,14+,16-/m0/s1. The van der Waals surface area contributed by atoms with E-state index >= 15 is 0 Å². The number of fused-ring (bicyclic) bond motifs is 3. The maximum atomic E-state index is 12.1. The Bertz CT molecular complexity index is 866. The maximum absolute atomic E-state index is 12.1. The van der Waals surface area contributed by atoms with Gasteiger partial charge in [0.25, 0.3) is 5.56 Å². The van der Waals surface area contributed by atoms with E-state index in [0.29, 0.717) is 25.4 Å². The van der Waals surface area contributed by atoms with Crippen molar-refractivity contribution in [1.82, 2.24) is 24.6 Å². The number of aromatic nitrogens is 4. The number of anilines is 1. The van der Waals surface area contributed by atoms with Gasteiger partial charge in [-0.3, -0.25) is 19.2 Å². The quantitative estimate of drug-likeness (QED) is 0.701. The lowest BCUT2D eigenvalue weighted by Crippen LogP contribution is -2.45. The minimum atomic E-state index is -0.361. The summed E-state index contributed by atoms with van der Waals surface area (Å²) < 4.78 is 13.3. The van der Waals surface area contributed by atoms with E-state index in [1.54, 1.807) is 18.0 Å². The van der Waals surface area contributed by atoms with Gasteiger partial charge in [-0.05, 0) is 6.42 Å². The summed E-state index contributed by atoms with van der Waals surface area (Å²) in [5.41, 5.74) is 5.71. The van der Waals surface area contributed by atoms with Gasteiger partial charge in [-0.25, -0.2) is 4.98 Å². The number of nitrogen functional groups attached to an aromatic ring is 1. The first-order chi connectivity index (χ1) is 12.5. The average Bonchev–Trinajstić information content (AvgIpc) is 3.23. The molecule has 2 bridgehead atoms. The highest BCUT2D eigenvalue weighted by molar-refractivity contribution is 5.70. The van der Waals surface area contributed by atoms with Crippen LogP contribution in [-0.2, 0) is 14.3 Å². The van der Waals surface area contributed by atoms with E-state index < -0.39 is 0 Å². The third kappa shape index (κ3) is 2.44. The largest absolute Gasteiger partial charge is 0.382 e. The highest BCUT2D eigenvalue weighted by Gasteiger charge is 2.62. The van der Waals surface area contributed by atoms with Crippen LogP contribution in [0.25, 0.3) is 11.2 Å². The molecule has 0 radical (unpaired) electrons. The Morgan fingerprint density at radius 3 is 3.00 bits per heavy atom. The molecule has 10 heteroatoms. The number of imidazole rings is 1. The molecule has 2 aromatic rings. The number of morpholine rings is 1. The molecule has 0 amide bonds. The number of hydrogen-bond acceptors (Lipinski definition) is 8. The smallest absolute Gasteiger partial charge is 0.280 e. The molecule has 4 heterocycles. The lowest BCUT2D eigenvalue weighted by atomic mass is 9.88. The number of hydroxylamine groups is 2. The average molecular weight is 364 g/mol. The molecular formula is C16H24N6O4. The molecule has 3 N–H and O–H groups in total. The van der Waals surface area contributed by atoms with Gasteiger partial charge in [-0.1, -0.05) is 13.8 Å².